The van der Waals surface area contributed by atoms with Gasteiger partial charge < -0.3 is 15.2 Å². The topological polar surface area (TPSA) is 93.1 Å². The molecule has 0 bridgehead atoms. The van der Waals surface area contributed by atoms with Gasteiger partial charge in [-0.1, -0.05) is 0 Å². The minimum atomic E-state index is -4.77. The molecule has 2 rings (SSSR count). The number of ketones is 1. The molecular formula is C19H20F4N4O3. The van der Waals surface area contributed by atoms with Gasteiger partial charge in [0.1, 0.15) is 5.54 Å². The SMILES string of the molecule is Cc1c(C(=O)Nc2ccnc(F)c2)c(C)n(C)c1C(=O)C(=O)NC(C)(C)C(F)(F)F. The minimum absolute atomic E-state index is 0.0425. The Kier molecular flexibility index (Phi) is 6.05. The number of alkyl halides is 3. The van der Waals surface area contributed by atoms with Crippen LogP contribution < -0.4 is 10.6 Å². The Morgan fingerprint density at radius 1 is 1.13 bits per heavy atom. The predicted molar refractivity (Wildman–Crippen MR) is 99.6 cm³/mol. The van der Waals surface area contributed by atoms with Crippen LogP contribution in [0.5, 0.6) is 0 Å². The normalized spacial score (nSPS) is 11.9. The highest BCUT2D eigenvalue weighted by molar-refractivity contribution is 6.43. The number of rotatable bonds is 5. The Balaban J connectivity index is 2.36. The van der Waals surface area contributed by atoms with Crippen LogP contribution in [-0.2, 0) is 11.8 Å². The average Bonchev–Trinajstić information content (AvgIpc) is 2.82. The van der Waals surface area contributed by atoms with Crippen molar-refractivity contribution < 1.29 is 31.9 Å². The van der Waals surface area contributed by atoms with Gasteiger partial charge in [-0.2, -0.15) is 17.6 Å². The fourth-order valence-electron chi connectivity index (χ4n) is 2.83. The predicted octanol–water partition coefficient (Wildman–Crippen LogP) is 3.07. The number of aromatic nitrogens is 2. The lowest BCUT2D eigenvalue weighted by Gasteiger charge is -2.28. The molecule has 0 spiro atoms. The molecule has 0 unspecified atom stereocenters. The van der Waals surface area contributed by atoms with Crippen LogP contribution >= 0.6 is 0 Å². The summed E-state index contributed by atoms with van der Waals surface area (Å²) in [5.41, 5.74) is -2.29. The van der Waals surface area contributed by atoms with E-state index in [1.165, 1.54) is 31.5 Å². The zero-order valence-corrected chi connectivity index (χ0v) is 16.9. The first-order valence-electron chi connectivity index (χ1n) is 8.69. The first kappa shape index (κ1) is 23.0. The average molecular weight is 428 g/mol. The lowest BCUT2D eigenvalue weighted by Crippen LogP contribution is -2.56. The van der Waals surface area contributed by atoms with Crippen LogP contribution in [0.25, 0.3) is 0 Å². The molecule has 11 heteroatoms. The summed E-state index contributed by atoms with van der Waals surface area (Å²) in [6, 6.07) is 2.34. The van der Waals surface area contributed by atoms with Crippen LogP contribution in [0.15, 0.2) is 18.3 Å². The molecule has 2 aromatic heterocycles. The van der Waals surface area contributed by atoms with Gasteiger partial charge in [0.15, 0.2) is 0 Å². The van der Waals surface area contributed by atoms with E-state index in [0.29, 0.717) is 5.69 Å². The second kappa shape index (κ2) is 7.88. The molecule has 0 saturated carbocycles. The van der Waals surface area contributed by atoms with Crippen molar-refractivity contribution in [2.75, 3.05) is 5.32 Å². The summed E-state index contributed by atoms with van der Waals surface area (Å²) in [5.74, 6) is -4.16. The summed E-state index contributed by atoms with van der Waals surface area (Å²) in [6.45, 7) is 4.36. The minimum Gasteiger partial charge on any atom is -0.344 e. The van der Waals surface area contributed by atoms with Gasteiger partial charge >= 0.3 is 6.18 Å². The third-order valence-electron chi connectivity index (χ3n) is 4.70. The number of pyridine rings is 1. The number of Topliss-reactive ketones (excluding diaryl/α,β-unsaturated/α-hetero) is 1. The molecule has 0 atom stereocenters. The first-order valence-corrected chi connectivity index (χ1v) is 8.69. The Morgan fingerprint density at radius 2 is 1.73 bits per heavy atom. The zero-order chi connectivity index (χ0) is 23.0. The number of amides is 2. The number of anilines is 1. The largest absolute Gasteiger partial charge is 0.410 e. The van der Waals surface area contributed by atoms with Crippen LogP contribution in [0, 0.1) is 19.8 Å². The van der Waals surface area contributed by atoms with E-state index in [2.05, 4.69) is 10.3 Å². The molecule has 7 nitrogen and oxygen atoms in total. The molecule has 0 fully saturated rings. The van der Waals surface area contributed by atoms with Crippen molar-refractivity contribution in [3.63, 3.8) is 0 Å². The highest BCUT2D eigenvalue weighted by atomic mass is 19.4. The third kappa shape index (κ3) is 4.34. The van der Waals surface area contributed by atoms with Crippen molar-refractivity contribution in [3.05, 3.63) is 46.8 Å². The van der Waals surface area contributed by atoms with Gasteiger partial charge in [-0.15, -0.1) is 0 Å². The number of hydrogen-bond donors (Lipinski definition) is 2. The number of carbonyl (C=O) groups excluding carboxylic acids is 3. The molecule has 0 aliphatic carbocycles. The maximum Gasteiger partial charge on any atom is 0.410 e. The van der Waals surface area contributed by atoms with Gasteiger partial charge in [0.05, 0.1) is 11.3 Å². The summed E-state index contributed by atoms with van der Waals surface area (Å²) < 4.78 is 53.5. The molecule has 0 radical (unpaired) electrons. The van der Waals surface area contributed by atoms with Gasteiger partial charge in [-0.05, 0) is 39.3 Å². The maximum atomic E-state index is 13.2. The number of nitrogens with zero attached hydrogens (tertiary/aromatic N) is 2. The van der Waals surface area contributed by atoms with E-state index in [9.17, 15) is 31.9 Å². The quantitative estimate of drug-likeness (QED) is 0.331. The molecule has 2 N–H and O–H groups in total. The van der Waals surface area contributed by atoms with E-state index in [0.717, 1.165) is 26.1 Å². The lowest BCUT2D eigenvalue weighted by atomic mass is 10.0. The van der Waals surface area contributed by atoms with Gasteiger partial charge in [0.25, 0.3) is 17.6 Å². The second-order valence-corrected chi connectivity index (χ2v) is 7.22. The van der Waals surface area contributed by atoms with E-state index in [1.54, 1.807) is 5.32 Å². The molecule has 0 aromatic carbocycles. The van der Waals surface area contributed by atoms with Crippen molar-refractivity contribution in [1.82, 2.24) is 14.9 Å². The highest BCUT2D eigenvalue weighted by Crippen LogP contribution is 2.30. The summed E-state index contributed by atoms with van der Waals surface area (Å²) in [6.07, 6.45) is -3.62. The summed E-state index contributed by atoms with van der Waals surface area (Å²) in [5, 5.41) is 4.13. The van der Waals surface area contributed by atoms with Crippen LogP contribution in [-0.4, -0.2) is 38.9 Å². The van der Waals surface area contributed by atoms with E-state index in [-0.39, 0.29) is 22.5 Å². The number of hydrogen-bond acceptors (Lipinski definition) is 4. The van der Waals surface area contributed by atoms with Crippen molar-refractivity contribution >= 4 is 23.3 Å². The first-order chi connectivity index (χ1) is 13.7. The molecule has 30 heavy (non-hydrogen) atoms. The highest BCUT2D eigenvalue weighted by Gasteiger charge is 2.49. The zero-order valence-electron chi connectivity index (χ0n) is 16.9. The Labute approximate surface area is 169 Å². The summed E-state index contributed by atoms with van der Waals surface area (Å²) in [7, 11) is 1.40. The summed E-state index contributed by atoms with van der Waals surface area (Å²) >= 11 is 0. The Morgan fingerprint density at radius 3 is 2.27 bits per heavy atom. The lowest BCUT2D eigenvalue weighted by molar-refractivity contribution is -0.187. The van der Waals surface area contributed by atoms with Crippen molar-refractivity contribution in [2.24, 2.45) is 7.05 Å². The van der Waals surface area contributed by atoms with Gasteiger partial charge in [0.2, 0.25) is 5.95 Å². The Hall–Kier alpha value is -3.24. The van der Waals surface area contributed by atoms with Crippen molar-refractivity contribution in [1.29, 1.82) is 0 Å². The molecule has 2 heterocycles. The van der Waals surface area contributed by atoms with Gasteiger partial charge in [0, 0.05) is 30.7 Å². The smallest absolute Gasteiger partial charge is 0.344 e. The summed E-state index contributed by atoms with van der Waals surface area (Å²) in [4.78, 5) is 40.8. The van der Waals surface area contributed by atoms with Crippen LogP contribution in [0.2, 0.25) is 0 Å². The van der Waals surface area contributed by atoms with E-state index >= 15 is 0 Å². The number of halogens is 4. The maximum absolute atomic E-state index is 13.2. The molecular weight excluding hydrogens is 408 g/mol. The molecule has 0 aliphatic heterocycles. The van der Waals surface area contributed by atoms with Crippen LogP contribution in [0.1, 0.15) is 46.0 Å². The fourth-order valence-corrected chi connectivity index (χ4v) is 2.83. The molecule has 0 saturated heterocycles. The van der Waals surface area contributed by atoms with Gasteiger partial charge in [-0.25, -0.2) is 4.98 Å². The van der Waals surface area contributed by atoms with E-state index in [1.807, 2.05) is 0 Å². The number of nitrogens with one attached hydrogen (secondary N) is 2. The molecule has 162 valence electrons. The third-order valence-corrected chi connectivity index (χ3v) is 4.70. The van der Waals surface area contributed by atoms with E-state index in [4.69, 9.17) is 0 Å². The second-order valence-electron chi connectivity index (χ2n) is 7.22. The van der Waals surface area contributed by atoms with Crippen molar-refractivity contribution in [2.45, 2.75) is 39.4 Å². The van der Waals surface area contributed by atoms with Crippen LogP contribution in [0.4, 0.5) is 23.2 Å². The molecule has 2 aromatic rings. The van der Waals surface area contributed by atoms with Gasteiger partial charge in [-0.3, -0.25) is 14.4 Å². The Bertz CT molecular complexity index is 1030. The monoisotopic (exact) mass is 428 g/mol. The number of carbonyl (C=O) groups is 3. The van der Waals surface area contributed by atoms with Crippen LogP contribution in [0.3, 0.4) is 0 Å². The van der Waals surface area contributed by atoms with Crippen molar-refractivity contribution in [3.8, 4) is 0 Å². The fraction of sp³-hybridized carbons (Fsp3) is 0.368. The van der Waals surface area contributed by atoms with E-state index < -0.39 is 35.3 Å². The molecule has 2 amide bonds. The molecule has 0 aliphatic rings. The standard InChI is InChI=1S/C19H20F4N4O3/c1-9-13(16(29)25-11-6-7-24-12(20)8-11)10(2)27(5)14(9)15(28)17(30)26-18(3,4)19(21,22)23/h6-8H,1-5H3,(H,26,30)(H,24,25,29).